The second-order valence-electron chi connectivity index (χ2n) is 7.93. The van der Waals surface area contributed by atoms with Crippen LogP contribution in [0.25, 0.3) is 11.3 Å². The SMILES string of the molecule is CCCCCC(=O)Nc1cccc(-c2cc3c(o2)CCN(C(=O)C2CC2)C3)c1. The quantitative estimate of drug-likeness (QED) is 0.705. The Labute approximate surface area is 166 Å². The first-order valence-electron chi connectivity index (χ1n) is 10.4. The normalized spacial score (nSPS) is 16.0. The molecule has 1 saturated carbocycles. The summed E-state index contributed by atoms with van der Waals surface area (Å²) < 4.78 is 6.09. The minimum Gasteiger partial charge on any atom is -0.461 e. The number of hydrogen-bond acceptors (Lipinski definition) is 3. The van der Waals surface area contributed by atoms with Crippen molar-refractivity contribution in [1.29, 1.82) is 0 Å². The van der Waals surface area contributed by atoms with E-state index in [1.54, 1.807) is 0 Å². The molecule has 0 bridgehead atoms. The van der Waals surface area contributed by atoms with Crippen molar-refractivity contribution in [2.75, 3.05) is 11.9 Å². The van der Waals surface area contributed by atoms with Crippen LogP contribution in [0.15, 0.2) is 34.7 Å². The number of anilines is 1. The number of carbonyl (C=O) groups is 2. The van der Waals surface area contributed by atoms with Gasteiger partial charge >= 0.3 is 0 Å². The van der Waals surface area contributed by atoms with E-state index in [9.17, 15) is 9.59 Å². The number of benzene rings is 1. The first-order valence-corrected chi connectivity index (χ1v) is 10.4. The molecule has 1 fully saturated rings. The molecule has 1 aromatic heterocycles. The van der Waals surface area contributed by atoms with Gasteiger partial charge in [0, 0.05) is 48.7 Å². The van der Waals surface area contributed by atoms with Gasteiger partial charge in [0.2, 0.25) is 11.8 Å². The smallest absolute Gasteiger partial charge is 0.225 e. The molecule has 148 valence electrons. The van der Waals surface area contributed by atoms with Crippen LogP contribution in [0.4, 0.5) is 5.69 Å². The lowest BCUT2D eigenvalue weighted by Crippen LogP contribution is -2.36. The predicted molar refractivity (Wildman–Crippen MR) is 109 cm³/mol. The third-order valence-corrected chi connectivity index (χ3v) is 5.54. The molecule has 4 rings (SSSR count). The van der Waals surface area contributed by atoms with Gasteiger partial charge in [0.15, 0.2) is 0 Å². The number of unbranched alkanes of at least 4 members (excludes halogenated alkanes) is 2. The topological polar surface area (TPSA) is 62.6 Å². The summed E-state index contributed by atoms with van der Waals surface area (Å²) >= 11 is 0. The molecule has 1 N–H and O–H groups in total. The maximum Gasteiger partial charge on any atom is 0.225 e. The fourth-order valence-corrected chi connectivity index (χ4v) is 3.76. The summed E-state index contributed by atoms with van der Waals surface area (Å²) in [4.78, 5) is 26.4. The van der Waals surface area contributed by atoms with Gasteiger partial charge in [0.05, 0.1) is 0 Å². The lowest BCUT2D eigenvalue weighted by Gasteiger charge is -2.26. The Kier molecular flexibility index (Phi) is 5.51. The van der Waals surface area contributed by atoms with Crippen molar-refractivity contribution in [3.05, 3.63) is 41.7 Å². The highest BCUT2D eigenvalue weighted by Crippen LogP contribution is 2.35. The number of nitrogens with one attached hydrogen (secondary N) is 1. The number of hydrogen-bond donors (Lipinski definition) is 1. The first-order chi connectivity index (χ1) is 13.6. The molecular formula is C23H28N2O3. The molecule has 1 aliphatic heterocycles. The van der Waals surface area contributed by atoms with Gasteiger partial charge in [0.25, 0.3) is 0 Å². The summed E-state index contributed by atoms with van der Waals surface area (Å²) in [5, 5.41) is 2.98. The number of rotatable bonds is 7. The molecule has 0 unspecified atom stereocenters. The molecule has 28 heavy (non-hydrogen) atoms. The molecule has 0 saturated heterocycles. The first kappa shape index (κ1) is 18.8. The summed E-state index contributed by atoms with van der Waals surface area (Å²) in [6.45, 7) is 3.51. The lowest BCUT2D eigenvalue weighted by atomic mass is 10.1. The Balaban J connectivity index is 1.44. The minimum absolute atomic E-state index is 0.0542. The molecule has 2 heterocycles. The van der Waals surface area contributed by atoms with Crippen LogP contribution < -0.4 is 5.32 Å². The average molecular weight is 380 g/mol. The fourth-order valence-electron chi connectivity index (χ4n) is 3.76. The van der Waals surface area contributed by atoms with Crippen molar-refractivity contribution in [1.82, 2.24) is 4.90 Å². The third-order valence-electron chi connectivity index (χ3n) is 5.54. The van der Waals surface area contributed by atoms with E-state index in [0.717, 1.165) is 73.4 Å². The summed E-state index contributed by atoms with van der Waals surface area (Å²) in [6, 6.07) is 9.82. The average Bonchev–Trinajstić information content (AvgIpc) is 3.46. The van der Waals surface area contributed by atoms with Crippen molar-refractivity contribution in [2.24, 2.45) is 5.92 Å². The Morgan fingerprint density at radius 1 is 1.21 bits per heavy atom. The van der Waals surface area contributed by atoms with E-state index in [2.05, 4.69) is 12.2 Å². The van der Waals surface area contributed by atoms with Gasteiger partial charge in [0.1, 0.15) is 11.5 Å². The van der Waals surface area contributed by atoms with Crippen molar-refractivity contribution in [3.63, 3.8) is 0 Å². The number of amides is 2. The number of nitrogens with zero attached hydrogens (tertiary/aromatic N) is 1. The predicted octanol–water partition coefficient (Wildman–Crippen LogP) is 4.76. The largest absolute Gasteiger partial charge is 0.461 e. The van der Waals surface area contributed by atoms with E-state index in [1.165, 1.54) is 0 Å². The summed E-state index contributed by atoms with van der Waals surface area (Å²) in [7, 11) is 0. The van der Waals surface area contributed by atoms with Crippen LogP contribution in [0.3, 0.4) is 0 Å². The van der Waals surface area contributed by atoms with Crippen molar-refractivity contribution in [2.45, 2.75) is 58.4 Å². The van der Waals surface area contributed by atoms with Gasteiger partial charge in [-0.2, -0.15) is 0 Å². The fraction of sp³-hybridized carbons (Fsp3) is 0.478. The standard InChI is InChI=1S/C23H28N2O3/c1-2-3-4-8-22(26)24-19-7-5-6-17(13-19)21-14-18-15-25(12-11-20(18)28-21)23(27)16-9-10-16/h5-7,13-14,16H,2-4,8-12,15H2,1H3,(H,24,26). The van der Waals surface area contributed by atoms with E-state index in [0.29, 0.717) is 18.9 Å². The highest BCUT2D eigenvalue weighted by molar-refractivity contribution is 5.91. The van der Waals surface area contributed by atoms with Crippen LogP contribution in [0.5, 0.6) is 0 Å². The molecule has 5 nitrogen and oxygen atoms in total. The van der Waals surface area contributed by atoms with Gasteiger partial charge in [-0.3, -0.25) is 9.59 Å². The van der Waals surface area contributed by atoms with E-state index in [4.69, 9.17) is 4.42 Å². The van der Waals surface area contributed by atoms with Crippen LogP contribution in [0, 0.1) is 5.92 Å². The monoisotopic (exact) mass is 380 g/mol. The molecule has 0 atom stereocenters. The van der Waals surface area contributed by atoms with Crippen LogP contribution in [-0.2, 0) is 22.6 Å². The molecule has 2 amide bonds. The Morgan fingerprint density at radius 2 is 2.07 bits per heavy atom. The zero-order valence-electron chi connectivity index (χ0n) is 16.5. The molecule has 1 aromatic carbocycles. The highest BCUT2D eigenvalue weighted by atomic mass is 16.3. The van der Waals surface area contributed by atoms with Gasteiger partial charge in [-0.1, -0.05) is 31.9 Å². The Bertz CT molecular complexity index is 866. The maximum absolute atomic E-state index is 12.3. The second kappa shape index (κ2) is 8.21. The Hall–Kier alpha value is -2.56. The summed E-state index contributed by atoms with van der Waals surface area (Å²) in [5.41, 5.74) is 2.84. The van der Waals surface area contributed by atoms with E-state index >= 15 is 0 Å². The summed E-state index contributed by atoms with van der Waals surface area (Å²) in [6.07, 6.45) is 6.50. The number of carbonyl (C=O) groups excluding carboxylic acids is 2. The van der Waals surface area contributed by atoms with Gasteiger partial charge in [-0.25, -0.2) is 0 Å². The van der Waals surface area contributed by atoms with Crippen molar-refractivity contribution < 1.29 is 14.0 Å². The second-order valence-corrected chi connectivity index (χ2v) is 7.93. The van der Waals surface area contributed by atoms with Crippen LogP contribution in [0.1, 0.15) is 56.8 Å². The molecule has 0 radical (unpaired) electrons. The third kappa shape index (κ3) is 4.29. The molecule has 2 aliphatic rings. The highest BCUT2D eigenvalue weighted by Gasteiger charge is 2.35. The molecular weight excluding hydrogens is 352 g/mol. The molecule has 0 spiro atoms. The molecule has 1 aliphatic carbocycles. The Morgan fingerprint density at radius 3 is 2.86 bits per heavy atom. The number of furan rings is 1. The van der Waals surface area contributed by atoms with Crippen LogP contribution in [-0.4, -0.2) is 23.3 Å². The van der Waals surface area contributed by atoms with E-state index in [1.807, 2.05) is 35.2 Å². The zero-order valence-corrected chi connectivity index (χ0v) is 16.5. The lowest BCUT2D eigenvalue weighted by molar-refractivity contribution is -0.133. The zero-order chi connectivity index (χ0) is 19.5. The minimum atomic E-state index is 0.0542. The van der Waals surface area contributed by atoms with E-state index in [-0.39, 0.29) is 11.8 Å². The van der Waals surface area contributed by atoms with Gasteiger partial charge in [-0.05, 0) is 37.5 Å². The summed E-state index contributed by atoms with van der Waals surface area (Å²) in [5.74, 6) is 2.38. The van der Waals surface area contributed by atoms with Crippen LogP contribution >= 0.6 is 0 Å². The van der Waals surface area contributed by atoms with Gasteiger partial charge < -0.3 is 14.6 Å². The van der Waals surface area contributed by atoms with Crippen molar-refractivity contribution in [3.8, 4) is 11.3 Å². The van der Waals surface area contributed by atoms with E-state index < -0.39 is 0 Å². The van der Waals surface area contributed by atoms with Gasteiger partial charge in [-0.15, -0.1) is 0 Å². The maximum atomic E-state index is 12.3. The van der Waals surface area contributed by atoms with Crippen molar-refractivity contribution >= 4 is 17.5 Å². The van der Waals surface area contributed by atoms with Crippen LogP contribution in [0.2, 0.25) is 0 Å². The molecule has 5 heteroatoms. The molecule has 2 aromatic rings. The number of fused-ring (bicyclic) bond motifs is 1.